The molecule has 0 atom stereocenters. The second-order valence-corrected chi connectivity index (χ2v) is 3.48. The van der Waals surface area contributed by atoms with Gasteiger partial charge in [0, 0.05) is 0 Å². The fraction of sp³-hybridized carbons (Fsp3) is 0.500. The highest BCUT2D eigenvalue weighted by Gasteiger charge is 2.08. The standard InChI is InChI=1S/C4H8N2O3S/c1-3-10(8,9)6-4(7)5-2/h2-3H2,1H3,(H,6,7). The van der Waals surface area contributed by atoms with Crippen molar-refractivity contribution in [3.8, 4) is 0 Å². The van der Waals surface area contributed by atoms with Crippen LogP contribution in [0.4, 0.5) is 4.79 Å². The number of aliphatic imine (C=N–C) groups is 1. The van der Waals surface area contributed by atoms with Gasteiger partial charge in [-0.3, -0.25) is 0 Å². The van der Waals surface area contributed by atoms with Crippen LogP contribution in [0.2, 0.25) is 0 Å². The minimum atomic E-state index is -3.46. The van der Waals surface area contributed by atoms with Gasteiger partial charge in [0.15, 0.2) is 0 Å². The Balaban J connectivity index is 4.16. The molecule has 0 bridgehead atoms. The first-order valence-electron chi connectivity index (χ1n) is 2.53. The Morgan fingerprint density at radius 3 is 2.50 bits per heavy atom. The van der Waals surface area contributed by atoms with Gasteiger partial charge in [-0.05, 0) is 13.6 Å². The molecule has 10 heavy (non-hydrogen) atoms. The summed E-state index contributed by atoms with van der Waals surface area (Å²) in [6.45, 7) is 4.27. The molecule has 0 fully saturated rings. The zero-order valence-corrected chi connectivity index (χ0v) is 6.31. The van der Waals surface area contributed by atoms with Gasteiger partial charge in [-0.1, -0.05) is 0 Å². The predicted molar refractivity (Wildman–Crippen MR) is 37.5 cm³/mol. The molecule has 0 saturated heterocycles. The van der Waals surface area contributed by atoms with E-state index in [1.54, 1.807) is 4.72 Å². The number of carbonyl (C=O) groups is 1. The molecule has 0 saturated carbocycles. The molecule has 0 rings (SSSR count). The van der Waals surface area contributed by atoms with Crippen molar-refractivity contribution >= 4 is 22.8 Å². The molecule has 58 valence electrons. The summed E-state index contributed by atoms with van der Waals surface area (Å²) in [6.07, 6.45) is 0. The summed E-state index contributed by atoms with van der Waals surface area (Å²) in [4.78, 5) is 13.1. The van der Waals surface area contributed by atoms with Crippen LogP contribution >= 0.6 is 0 Å². The molecule has 0 aliphatic carbocycles. The van der Waals surface area contributed by atoms with E-state index in [-0.39, 0.29) is 5.75 Å². The normalized spacial score (nSPS) is 10.5. The van der Waals surface area contributed by atoms with Crippen LogP contribution in [0.5, 0.6) is 0 Å². The van der Waals surface area contributed by atoms with Crippen molar-refractivity contribution in [2.45, 2.75) is 6.92 Å². The average Bonchev–Trinajstić information content (AvgIpc) is 1.87. The highest BCUT2D eigenvalue weighted by Crippen LogP contribution is 1.82. The summed E-state index contributed by atoms with van der Waals surface area (Å²) < 4.78 is 22.8. The third-order valence-corrected chi connectivity index (χ3v) is 2.01. The Bertz CT molecular complexity index is 231. The smallest absolute Gasteiger partial charge is 0.245 e. The van der Waals surface area contributed by atoms with Crippen LogP contribution in [-0.2, 0) is 10.0 Å². The first-order valence-corrected chi connectivity index (χ1v) is 4.18. The van der Waals surface area contributed by atoms with Gasteiger partial charge in [0.2, 0.25) is 10.0 Å². The maximum Gasteiger partial charge on any atom is 0.353 e. The summed E-state index contributed by atoms with van der Waals surface area (Å²) >= 11 is 0. The monoisotopic (exact) mass is 164 g/mol. The highest BCUT2D eigenvalue weighted by molar-refractivity contribution is 7.90. The quantitative estimate of drug-likeness (QED) is 0.571. The SMILES string of the molecule is C=NC(=O)NS(=O)(=O)CC. The van der Waals surface area contributed by atoms with Gasteiger partial charge < -0.3 is 0 Å². The second kappa shape index (κ2) is 3.31. The minimum Gasteiger partial charge on any atom is -0.245 e. The third kappa shape index (κ3) is 3.18. The van der Waals surface area contributed by atoms with Crippen molar-refractivity contribution in [2.24, 2.45) is 4.99 Å². The maximum atomic E-state index is 10.5. The van der Waals surface area contributed by atoms with Crippen molar-refractivity contribution in [3.63, 3.8) is 0 Å². The van der Waals surface area contributed by atoms with E-state index in [2.05, 4.69) is 11.7 Å². The number of hydrogen-bond donors (Lipinski definition) is 1. The van der Waals surface area contributed by atoms with Gasteiger partial charge in [-0.2, -0.15) is 0 Å². The lowest BCUT2D eigenvalue weighted by Gasteiger charge is -1.97. The molecule has 0 aliphatic heterocycles. The molecule has 0 heterocycles. The van der Waals surface area contributed by atoms with Gasteiger partial charge in [0.25, 0.3) is 0 Å². The fourth-order valence-electron chi connectivity index (χ4n) is 0.237. The molecule has 0 aromatic carbocycles. The molecule has 5 nitrogen and oxygen atoms in total. The van der Waals surface area contributed by atoms with E-state index in [4.69, 9.17) is 0 Å². The number of urea groups is 1. The number of carbonyl (C=O) groups excluding carboxylic acids is 1. The lowest BCUT2D eigenvalue weighted by molar-refractivity contribution is 0.254. The molecule has 0 spiro atoms. The van der Waals surface area contributed by atoms with Crippen molar-refractivity contribution in [2.75, 3.05) is 5.75 Å². The van der Waals surface area contributed by atoms with Crippen LogP contribution in [0.1, 0.15) is 6.92 Å². The molecule has 2 amide bonds. The lowest BCUT2D eigenvalue weighted by atomic mass is 11.0. The second-order valence-electron chi connectivity index (χ2n) is 1.47. The van der Waals surface area contributed by atoms with Crippen molar-refractivity contribution in [3.05, 3.63) is 0 Å². The van der Waals surface area contributed by atoms with E-state index in [1.165, 1.54) is 6.92 Å². The first-order chi connectivity index (χ1) is 4.52. The van der Waals surface area contributed by atoms with Gasteiger partial charge >= 0.3 is 6.03 Å². The van der Waals surface area contributed by atoms with E-state index in [1.807, 2.05) is 0 Å². The van der Waals surface area contributed by atoms with Gasteiger partial charge in [0.1, 0.15) is 0 Å². The zero-order chi connectivity index (χ0) is 8.20. The minimum absolute atomic E-state index is 0.145. The van der Waals surface area contributed by atoms with Crippen molar-refractivity contribution < 1.29 is 13.2 Å². The number of nitrogens with zero attached hydrogens (tertiary/aromatic N) is 1. The largest absolute Gasteiger partial charge is 0.353 e. The van der Waals surface area contributed by atoms with Crippen LogP contribution < -0.4 is 4.72 Å². The number of sulfonamides is 1. The molecule has 0 aliphatic rings. The molecular weight excluding hydrogens is 156 g/mol. The molecule has 0 aromatic heterocycles. The van der Waals surface area contributed by atoms with E-state index < -0.39 is 16.1 Å². The Morgan fingerprint density at radius 2 is 2.20 bits per heavy atom. The molecule has 6 heteroatoms. The third-order valence-electron chi connectivity index (χ3n) is 0.766. The summed E-state index contributed by atoms with van der Waals surface area (Å²) in [5.41, 5.74) is 0. The summed E-state index contributed by atoms with van der Waals surface area (Å²) in [7, 11) is -3.46. The van der Waals surface area contributed by atoms with Crippen LogP contribution in [0.25, 0.3) is 0 Å². The molecule has 1 N–H and O–H groups in total. The molecular formula is C4H8N2O3S. The van der Waals surface area contributed by atoms with E-state index in [0.717, 1.165) is 0 Å². The Morgan fingerprint density at radius 1 is 1.70 bits per heavy atom. The Kier molecular flexibility index (Phi) is 3.01. The summed E-state index contributed by atoms with van der Waals surface area (Å²) in [5, 5.41) is 0. The van der Waals surface area contributed by atoms with Crippen LogP contribution in [-0.4, -0.2) is 26.9 Å². The molecule has 0 radical (unpaired) electrons. The Hall–Kier alpha value is -0.910. The molecule has 0 aromatic rings. The topological polar surface area (TPSA) is 75.6 Å². The van der Waals surface area contributed by atoms with E-state index in [9.17, 15) is 13.2 Å². The van der Waals surface area contributed by atoms with Crippen molar-refractivity contribution in [1.29, 1.82) is 0 Å². The van der Waals surface area contributed by atoms with Crippen molar-refractivity contribution in [1.82, 2.24) is 4.72 Å². The number of amides is 2. The zero-order valence-electron chi connectivity index (χ0n) is 5.49. The average molecular weight is 164 g/mol. The van der Waals surface area contributed by atoms with Crippen LogP contribution in [0.3, 0.4) is 0 Å². The maximum absolute atomic E-state index is 10.5. The summed E-state index contributed by atoms with van der Waals surface area (Å²) in [5.74, 6) is -0.145. The van der Waals surface area contributed by atoms with E-state index in [0.29, 0.717) is 0 Å². The number of nitrogens with one attached hydrogen (secondary N) is 1. The number of rotatable bonds is 2. The summed E-state index contributed by atoms with van der Waals surface area (Å²) in [6, 6.07) is -0.943. The van der Waals surface area contributed by atoms with Crippen LogP contribution in [0.15, 0.2) is 4.99 Å². The first kappa shape index (κ1) is 9.09. The van der Waals surface area contributed by atoms with Crippen LogP contribution in [0, 0.1) is 0 Å². The lowest BCUT2D eigenvalue weighted by Crippen LogP contribution is -2.29. The van der Waals surface area contributed by atoms with Gasteiger partial charge in [-0.25, -0.2) is 22.9 Å². The number of hydrogen-bond acceptors (Lipinski definition) is 3. The highest BCUT2D eigenvalue weighted by atomic mass is 32.2. The van der Waals surface area contributed by atoms with Gasteiger partial charge in [-0.15, -0.1) is 0 Å². The fourth-order valence-corrected chi connectivity index (χ4v) is 0.712. The van der Waals surface area contributed by atoms with E-state index >= 15 is 0 Å². The van der Waals surface area contributed by atoms with Gasteiger partial charge in [0.05, 0.1) is 5.75 Å². The predicted octanol–water partition coefficient (Wildman–Crippen LogP) is -0.254. The Labute approximate surface area is 59.2 Å². The molecule has 0 unspecified atom stereocenters.